The second-order valence-electron chi connectivity index (χ2n) is 2.88. The summed E-state index contributed by atoms with van der Waals surface area (Å²) < 4.78 is 6.66. The van der Waals surface area contributed by atoms with Gasteiger partial charge < -0.3 is 4.42 Å². The van der Waals surface area contributed by atoms with E-state index in [1.807, 2.05) is 0 Å². The third-order valence-electron chi connectivity index (χ3n) is 1.78. The van der Waals surface area contributed by atoms with Gasteiger partial charge >= 0.3 is 0 Å². The normalized spacial score (nSPS) is 10.4. The molecule has 2 rings (SSSR count). The molecule has 0 amide bonds. The Hall–Kier alpha value is -1.91. The second kappa shape index (κ2) is 3.45. The summed E-state index contributed by atoms with van der Waals surface area (Å²) in [4.78, 5) is 14.9. The highest BCUT2D eigenvalue weighted by molar-refractivity contribution is 5.91. The van der Waals surface area contributed by atoms with Crippen molar-refractivity contribution in [2.75, 3.05) is 0 Å². The van der Waals surface area contributed by atoms with Crippen molar-refractivity contribution in [1.29, 1.82) is 0 Å². The number of ketones is 1. The van der Waals surface area contributed by atoms with Crippen LogP contribution in [0.1, 0.15) is 23.3 Å². The number of aromatic nitrogens is 3. The highest BCUT2D eigenvalue weighted by Gasteiger charge is 2.05. The molecule has 0 N–H and O–H groups in total. The molecule has 0 fully saturated rings. The molecular formula is C9H9N3O2. The maximum atomic E-state index is 10.9. The minimum atomic E-state index is -0.0452. The monoisotopic (exact) mass is 191 g/mol. The van der Waals surface area contributed by atoms with Crippen molar-refractivity contribution in [2.45, 2.75) is 13.5 Å². The van der Waals surface area contributed by atoms with Gasteiger partial charge in [0.05, 0.1) is 6.20 Å². The lowest BCUT2D eigenvalue weighted by molar-refractivity contribution is 0.101. The van der Waals surface area contributed by atoms with Crippen LogP contribution < -0.4 is 0 Å². The van der Waals surface area contributed by atoms with E-state index in [-0.39, 0.29) is 5.78 Å². The van der Waals surface area contributed by atoms with Crippen molar-refractivity contribution in [3.63, 3.8) is 0 Å². The van der Waals surface area contributed by atoms with Crippen molar-refractivity contribution in [3.05, 3.63) is 36.3 Å². The van der Waals surface area contributed by atoms with Crippen LogP contribution in [0.25, 0.3) is 0 Å². The Balaban J connectivity index is 2.14. The van der Waals surface area contributed by atoms with Crippen LogP contribution >= 0.6 is 0 Å². The Bertz CT molecular complexity index is 431. The first-order chi connectivity index (χ1) is 6.75. The SMILES string of the molecule is CC(=O)c1ccn(Cc2ncco2)n1. The summed E-state index contributed by atoms with van der Waals surface area (Å²) in [6.45, 7) is 1.93. The van der Waals surface area contributed by atoms with Gasteiger partial charge in [0.25, 0.3) is 0 Å². The minimum Gasteiger partial charge on any atom is -0.447 e. The van der Waals surface area contributed by atoms with Crippen LogP contribution in [0.2, 0.25) is 0 Å². The fourth-order valence-electron chi connectivity index (χ4n) is 1.11. The van der Waals surface area contributed by atoms with Crippen LogP contribution in [0, 0.1) is 0 Å². The lowest BCUT2D eigenvalue weighted by atomic mass is 10.3. The van der Waals surface area contributed by atoms with Crippen LogP contribution in [-0.4, -0.2) is 20.5 Å². The molecule has 5 heteroatoms. The Kier molecular flexibility index (Phi) is 2.14. The van der Waals surface area contributed by atoms with Gasteiger partial charge in [-0.05, 0) is 6.07 Å². The zero-order valence-corrected chi connectivity index (χ0v) is 7.67. The number of Topliss-reactive ketones (excluding diaryl/α,β-unsaturated/α-hetero) is 1. The predicted molar refractivity (Wildman–Crippen MR) is 47.8 cm³/mol. The smallest absolute Gasteiger partial charge is 0.215 e. The lowest BCUT2D eigenvalue weighted by Crippen LogP contribution is -2.02. The van der Waals surface area contributed by atoms with Crippen LogP contribution in [0.4, 0.5) is 0 Å². The van der Waals surface area contributed by atoms with E-state index >= 15 is 0 Å². The van der Waals surface area contributed by atoms with Gasteiger partial charge in [-0.25, -0.2) is 4.98 Å². The Morgan fingerprint density at radius 3 is 3.07 bits per heavy atom. The maximum absolute atomic E-state index is 10.9. The summed E-state index contributed by atoms with van der Waals surface area (Å²) >= 11 is 0. The summed E-state index contributed by atoms with van der Waals surface area (Å²) in [7, 11) is 0. The molecule has 0 saturated heterocycles. The van der Waals surface area contributed by atoms with E-state index in [1.54, 1.807) is 23.1 Å². The molecule has 0 unspecified atom stereocenters. The van der Waals surface area contributed by atoms with E-state index in [0.717, 1.165) is 0 Å². The van der Waals surface area contributed by atoms with E-state index in [4.69, 9.17) is 4.42 Å². The largest absolute Gasteiger partial charge is 0.447 e. The summed E-state index contributed by atoms with van der Waals surface area (Å²) in [6.07, 6.45) is 4.80. The van der Waals surface area contributed by atoms with Gasteiger partial charge in [-0.15, -0.1) is 0 Å². The minimum absolute atomic E-state index is 0.0452. The molecule has 2 aromatic rings. The molecule has 72 valence electrons. The maximum Gasteiger partial charge on any atom is 0.215 e. The molecule has 0 spiro atoms. The average molecular weight is 191 g/mol. The van der Waals surface area contributed by atoms with Gasteiger partial charge in [-0.3, -0.25) is 9.48 Å². The summed E-state index contributed by atoms with van der Waals surface area (Å²) in [6, 6.07) is 1.67. The highest BCUT2D eigenvalue weighted by atomic mass is 16.3. The molecule has 2 heterocycles. The zero-order chi connectivity index (χ0) is 9.97. The van der Waals surface area contributed by atoms with Gasteiger partial charge in [-0.2, -0.15) is 5.10 Å². The summed E-state index contributed by atoms with van der Waals surface area (Å²) in [5.74, 6) is 0.527. The molecule has 0 radical (unpaired) electrons. The van der Waals surface area contributed by atoms with Crippen LogP contribution in [0.3, 0.4) is 0 Å². The highest BCUT2D eigenvalue weighted by Crippen LogP contribution is 2.01. The van der Waals surface area contributed by atoms with Gasteiger partial charge in [0.1, 0.15) is 18.5 Å². The summed E-state index contributed by atoms with van der Waals surface area (Å²) in [5.41, 5.74) is 0.455. The molecule has 0 saturated carbocycles. The third kappa shape index (κ3) is 1.71. The zero-order valence-electron chi connectivity index (χ0n) is 7.67. The van der Waals surface area contributed by atoms with Crippen molar-refractivity contribution in [2.24, 2.45) is 0 Å². The molecular weight excluding hydrogens is 182 g/mol. The first-order valence-electron chi connectivity index (χ1n) is 4.18. The van der Waals surface area contributed by atoms with Gasteiger partial charge in [0.2, 0.25) is 5.89 Å². The molecule has 14 heavy (non-hydrogen) atoms. The lowest BCUT2D eigenvalue weighted by Gasteiger charge is -1.94. The number of oxazole rings is 1. The van der Waals surface area contributed by atoms with E-state index in [0.29, 0.717) is 18.1 Å². The van der Waals surface area contributed by atoms with Crippen molar-refractivity contribution >= 4 is 5.78 Å². The molecule has 0 aliphatic rings. The number of hydrogen-bond donors (Lipinski definition) is 0. The standard InChI is InChI=1S/C9H9N3O2/c1-7(13)8-2-4-12(11-8)6-9-10-3-5-14-9/h2-5H,6H2,1H3. The Morgan fingerprint density at radius 2 is 2.50 bits per heavy atom. The number of rotatable bonds is 3. The van der Waals surface area contributed by atoms with E-state index in [1.165, 1.54) is 13.2 Å². The van der Waals surface area contributed by atoms with Crippen LogP contribution in [0.15, 0.2) is 29.1 Å². The predicted octanol–water partition coefficient (Wildman–Crippen LogP) is 1.12. The van der Waals surface area contributed by atoms with Gasteiger partial charge in [0.15, 0.2) is 5.78 Å². The Morgan fingerprint density at radius 1 is 1.64 bits per heavy atom. The number of carbonyl (C=O) groups is 1. The van der Waals surface area contributed by atoms with Gasteiger partial charge in [-0.1, -0.05) is 0 Å². The number of carbonyl (C=O) groups excluding carboxylic acids is 1. The Labute approximate surface area is 80.4 Å². The average Bonchev–Trinajstić information content (AvgIpc) is 2.75. The van der Waals surface area contributed by atoms with Crippen molar-refractivity contribution in [3.8, 4) is 0 Å². The fourth-order valence-corrected chi connectivity index (χ4v) is 1.11. The molecule has 5 nitrogen and oxygen atoms in total. The molecule has 0 aliphatic carbocycles. The molecule has 0 aliphatic heterocycles. The molecule has 0 aromatic carbocycles. The summed E-state index contributed by atoms with van der Waals surface area (Å²) in [5, 5.41) is 4.05. The molecule has 0 atom stereocenters. The first-order valence-corrected chi connectivity index (χ1v) is 4.18. The van der Waals surface area contributed by atoms with E-state index in [9.17, 15) is 4.79 Å². The van der Waals surface area contributed by atoms with Crippen molar-refractivity contribution in [1.82, 2.24) is 14.8 Å². The number of nitrogens with zero attached hydrogens (tertiary/aromatic N) is 3. The molecule has 2 aromatic heterocycles. The van der Waals surface area contributed by atoms with Crippen LogP contribution in [-0.2, 0) is 6.54 Å². The quantitative estimate of drug-likeness (QED) is 0.682. The fraction of sp³-hybridized carbons (Fsp3) is 0.222. The van der Waals surface area contributed by atoms with E-state index < -0.39 is 0 Å². The number of hydrogen-bond acceptors (Lipinski definition) is 4. The first kappa shape index (κ1) is 8.68. The van der Waals surface area contributed by atoms with Crippen molar-refractivity contribution < 1.29 is 9.21 Å². The van der Waals surface area contributed by atoms with Gasteiger partial charge in [0, 0.05) is 13.1 Å². The third-order valence-corrected chi connectivity index (χ3v) is 1.78. The van der Waals surface area contributed by atoms with Crippen LogP contribution in [0.5, 0.6) is 0 Å². The topological polar surface area (TPSA) is 60.9 Å². The molecule has 0 bridgehead atoms. The second-order valence-corrected chi connectivity index (χ2v) is 2.88. The van der Waals surface area contributed by atoms with E-state index in [2.05, 4.69) is 10.1 Å².